The molecule has 0 atom stereocenters. The number of thioether (sulfide) groups is 1. The number of anilines is 1. The van der Waals surface area contributed by atoms with E-state index in [2.05, 4.69) is 43.6 Å². The third-order valence-electron chi connectivity index (χ3n) is 3.67. The Balaban J connectivity index is 1.57. The summed E-state index contributed by atoms with van der Waals surface area (Å²) in [7, 11) is 1.91. The number of carbonyl (C=O) groups is 1. The SMILES string of the molecule is Cn1c(Cc2ccccc2)nnc1SCC(=O)Nc1ccc(Cl)c(Br)c1. The number of nitrogens with one attached hydrogen (secondary N) is 1. The number of benzene rings is 2. The van der Waals surface area contributed by atoms with Crippen LogP contribution in [0.15, 0.2) is 58.2 Å². The van der Waals surface area contributed by atoms with E-state index < -0.39 is 0 Å². The van der Waals surface area contributed by atoms with E-state index in [1.807, 2.05) is 29.8 Å². The summed E-state index contributed by atoms with van der Waals surface area (Å²) < 4.78 is 2.66. The number of halogens is 2. The first-order chi connectivity index (χ1) is 12.5. The van der Waals surface area contributed by atoms with Crippen molar-refractivity contribution in [2.45, 2.75) is 11.6 Å². The van der Waals surface area contributed by atoms with E-state index in [4.69, 9.17) is 11.6 Å². The van der Waals surface area contributed by atoms with Crippen LogP contribution in [0.5, 0.6) is 0 Å². The van der Waals surface area contributed by atoms with Crippen LogP contribution in [-0.2, 0) is 18.3 Å². The van der Waals surface area contributed by atoms with Gasteiger partial charge in [-0.3, -0.25) is 4.79 Å². The second-order valence-electron chi connectivity index (χ2n) is 5.59. The number of amides is 1. The molecule has 1 heterocycles. The molecular weight excluding hydrogens is 436 g/mol. The van der Waals surface area contributed by atoms with Gasteiger partial charge in [0, 0.05) is 23.6 Å². The molecular formula is C18H16BrClN4OS. The zero-order valence-corrected chi connectivity index (χ0v) is 17.1. The van der Waals surface area contributed by atoms with E-state index >= 15 is 0 Å². The van der Waals surface area contributed by atoms with Gasteiger partial charge in [-0.05, 0) is 39.7 Å². The van der Waals surface area contributed by atoms with Crippen LogP contribution in [0.2, 0.25) is 5.02 Å². The Bertz CT molecular complexity index is 917. The Morgan fingerprint density at radius 2 is 2.00 bits per heavy atom. The lowest BCUT2D eigenvalue weighted by Gasteiger charge is -2.07. The highest BCUT2D eigenvalue weighted by molar-refractivity contribution is 9.10. The zero-order chi connectivity index (χ0) is 18.5. The van der Waals surface area contributed by atoms with Gasteiger partial charge >= 0.3 is 0 Å². The number of hydrogen-bond donors (Lipinski definition) is 1. The van der Waals surface area contributed by atoms with E-state index in [1.54, 1.807) is 18.2 Å². The van der Waals surface area contributed by atoms with Crippen molar-refractivity contribution in [3.8, 4) is 0 Å². The molecule has 8 heteroatoms. The lowest BCUT2D eigenvalue weighted by atomic mass is 10.1. The Labute approximate surface area is 169 Å². The molecule has 0 aliphatic rings. The highest BCUT2D eigenvalue weighted by atomic mass is 79.9. The molecule has 0 saturated heterocycles. The van der Waals surface area contributed by atoms with Gasteiger partial charge in [-0.15, -0.1) is 10.2 Å². The van der Waals surface area contributed by atoms with Crippen molar-refractivity contribution in [1.29, 1.82) is 0 Å². The fourth-order valence-corrected chi connectivity index (χ4v) is 3.53. The van der Waals surface area contributed by atoms with Crippen molar-refractivity contribution < 1.29 is 4.79 Å². The Hall–Kier alpha value is -1.83. The van der Waals surface area contributed by atoms with Crippen molar-refractivity contribution in [3.63, 3.8) is 0 Å². The molecule has 26 heavy (non-hydrogen) atoms. The minimum absolute atomic E-state index is 0.114. The molecule has 0 bridgehead atoms. The Kier molecular flexibility index (Phi) is 6.34. The fourth-order valence-electron chi connectivity index (χ4n) is 2.30. The van der Waals surface area contributed by atoms with Crippen LogP contribution in [-0.4, -0.2) is 26.4 Å². The first kappa shape index (κ1) is 18.9. The molecule has 5 nitrogen and oxygen atoms in total. The average molecular weight is 452 g/mol. The van der Waals surface area contributed by atoms with Crippen LogP contribution < -0.4 is 5.32 Å². The highest BCUT2D eigenvalue weighted by Gasteiger charge is 2.12. The third-order valence-corrected chi connectivity index (χ3v) is 5.90. The van der Waals surface area contributed by atoms with Crippen LogP contribution in [0.3, 0.4) is 0 Å². The number of aromatic nitrogens is 3. The molecule has 0 spiro atoms. The van der Waals surface area contributed by atoms with Crippen molar-refractivity contribution in [2.75, 3.05) is 11.1 Å². The summed E-state index contributed by atoms with van der Waals surface area (Å²) in [4.78, 5) is 12.2. The van der Waals surface area contributed by atoms with Crippen LogP contribution in [0.4, 0.5) is 5.69 Å². The molecule has 0 aliphatic heterocycles. The highest BCUT2D eigenvalue weighted by Crippen LogP contribution is 2.26. The summed E-state index contributed by atoms with van der Waals surface area (Å²) in [6.45, 7) is 0. The van der Waals surface area contributed by atoms with E-state index in [9.17, 15) is 4.79 Å². The van der Waals surface area contributed by atoms with Crippen molar-refractivity contribution in [1.82, 2.24) is 14.8 Å². The molecule has 1 aromatic heterocycles. The summed E-state index contributed by atoms with van der Waals surface area (Å²) in [6, 6.07) is 15.4. The Morgan fingerprint density at radius 3 is 2.73 bits per heavy atom. The van der Waals surface area contributed by atoms with Gasteiger partial charge in [0.15, 0.2) is 5.16 Å². The van der Waals surface area contributed by atoms with Gasteiger partial charge in [-0.1, -0.05) is 53.7 Å². The normalized spacial score (nSPS) is 10.7. The largest absolute Gasteiger partial charge is 0.325 e. The van der Waals surface area contributed by atoms with Crippen LogP contribution >= 0.6 is 39.3 Å². The molecule has 0 fully saturated rings. The molecule has 2 aromatic carbocycles. The van der Waals surface area contributed by atoms with Crippen LogP contribution in [0.25, 0.3) is 0 Å². The Morgan fingerprint density at radius 1 is 1.23 bits per heavy atom. The molecule has 0 saturated carbocycles. The molecule has 1 N–H and O–H groups in total. The zero-order valence-electron chi connectivity index (χ0n) is 13.9. The van der Waals surface area contributed by atoms with E-state index in [1.165, 1.54) is 17.3 Å². The summed E-state index contributed by atoms with van der Waals surface area (Å²) in [5.41, 5.74) is 1.86. The van der Waals surface area contributed by atoms with E-state index in [0.29, 0.717) is 22.3 Å². The summed E-state index contributed by atoms with van der Waals surface area (Å²) in [5.74, 6) is 0.995. The number of nitrogens with zero attached hydrogens (tertiary/aromatic N) is 3. The lowest BCUT2D eigenvalue weighted by molar-refractivity contribution is -0.113. The monoisotopic (exact) mass is 450 g/mol. The van der Waals surface area contributed by atoms with Crippen LogP contribution in [0, 0.1) is 0 Å². The number of hydrogen-bond acceptors (Lipinski definition) is 4. The van der Waals surface area contributed by atoms with E-state index in [-0.39, 0.29) is 11.7 Å². The molecule has 3 rings (SSSR count). The fraction of sp³-hybridized carbons (Fsp3) is 0.167. The van der Waals surface area contributed by atoms with Gasteiger partial charge in [0.25, 0.3) is 0 Å². The standard InChI is InChI=1S/C18H16BrClN4OS/c1-24-16(9-12-5-3-2-4-6-12)22-23-18(24)26-11-17(25)21-13-7-8-15(20)14(19)10-13/h2-8,10H,9,11H2,1H3,(H,21,25). The van der Waals surface area contributed by atoms with Crippen LogP contribution in [0.1, 0.15) is 11.4 Å². The lowest BCUT2D eigenvalue weighted by Crippen LogP contribution is -2.14. The molecule has 0 aliphatic carbocycles. The first-order valence-corrected chi connectivity index (χ1v) is 9.98. The minimum Gasteiger partial charge on any atom is -0.325 e. The maximum absolute atomic E-state index is 12.2. The molecule has 0 unspecified atom stereocenters. The molecule has 1 amide bonds. The molecule has 134 valence electrons. The topological polar surface area (TPSA) is 59.8 Å². The van der Waals surface area contributed by atoms with Gasteiger partial charge in [0.05, 0.1) is 10.8 Å². The first-order valence-electron chi connectivity index (χ1n) is 7.83. The number of rotatable bonds is 6. The van der Waals surface area contributed by atoms with Gasteiger partial charge in [0.2, 0.25) is 5.91 Å². The summed E-state index contributed by atoms with van der Waals surface area (Å²) in [5, 5.41) is 12.6. The van der Waals surface area contributed by atoms with Gasteiger partial charge in [-0.25, -0.2) is 0 Å². The third kappa shape index (κ3) is 4.87. The predicted octanol–water partition coefficient (Wildman–Crippen LogP) is 4.55. The predicted molar refractivity (Wildman–Crippen MR) is 109 cm³/mol. The average Bonchev–Trinajstić information content (AvgIpc) is 2.97. The second kappa shape index (κ2) is 8.70. The molecule has 3 aromatic rings. The van der Waals surface area contributed by atoms with Crippen molar-refractivity contribution in [3.05, 3.63) is 69.4 Å². The minimum atomic E-state index is -0.114. The summed E-state index contributed by atoms with van der Waals surface area (Å²) >= 11 is 10.6. The number of carbonyl (C=O) groups excluding carboxylic acids is 1. The smallest absolute Gasteiger partial charge is 0.234 e. The maximum Gasteiger partial charge on any atom is 0.234 e. The second-order valence-corrected chi connectivity index (χ2v) is 7.79. The van der Waals surface area contributed by atoms with Crippen molar-refractivity contribution >= 4 is 50.9 Å². The van der Waals surface area contributed by atoms with Gasteiger partial charge < -0.3 is 9.88 Å². The van der Waals surface area contributed by atoms with Gasteiger partial charge in [0.1, 0.15) is 5.82 Å². The maximum atomic E-state index is 12.2. The molecule has 0 radical (unpaired) electrons. The summed E-state index contributed by atoms with van der Waals surface area (Å²) in [6.07, 6.45) is 0.704. The van der Waals surface area contributed by atoms with Gasteiger partial charge in [-0.2, -0.15) is 0 Å². The van der Waals surface area contributed by atoms with Crippen molar-refractivity contribution in [2.24, 2.45) is 7.05 Å². The van der Waals surface area contributed by atoms with E-state index in [0.717, 1.165) is 10.3 Å². The quantitative estimate of drug-likeness (QED) is 0.558.